The Balaban J connectivity index is 2.69. The first-order chi connectivity index (χ1) is 6.77. The first-order valence-electron chi connectivity index (χ1n) is 4.16. The maximum absolute atomic E-state index is 11.4. The molecular weight excluding hydrogens is 359 g/mol. The van der Waals surface area contributed by atoms with Crippen LogP contribution in [0.3, 0.4) is 0 Å². The third-order valence-electron chi connectivity index (χ3n) is 1.63. The molecule has 1 aromatic rings. The maximum Gasteiger partial charge on any atom is 0.338 e. The molecule has 0 spiro atoms. The Kier molecular flexibility index (Phi) is 5.47. The van der Waals surface area contributed by atoms with Crippen LogP contribution < -0.4 is 0 Å². The number of ether oxygens (including phenoxy) is 1. The number of hydrogen-bond acceptors (Lipinski definition) is 2. The van der Waals surface area contributed by atoms with E-state index in [4.69, 9.17) is 4.74 Å². The standard InChI is InChI=1S/C10H10BrIO2/c11-4-5-14-10(13)9-3-1-2-8(6-9)7-12/h1-3,6H,4-5,7H2. The topological polar surface area (TPSA) is 26.3 Å². The Hall–Kier alpha value is -0.100. The molecule has 0 fully saturated rings. The minimum absolute atomic E-state index is 0.254. The second-order valence-corrected chi connectivity index (χ2v) is 4.21. The zero-order valence-corrected chi connectivity index (χ0v) is 11.2. The number of alkyl halides is 2. The summed E-state index contributed by atoms with van der Waals surface area (Å²) < 4.78 is 5.89. The van der Waals surface area contributed by atoms with Crippen molar-refractivity contribution in [2.75, 3.05) is 11.9 Å². The average molecular weight is 369 g/mol. The van der Waals surface area contributed by atoms with E-state index in [9.17, 15) is 4.79 Å². The van der Waals surface area contributed by atoms with Gasteiger partial charge in [-0.3, -0.25) is 0 Å². The number of rotatable bonds is 4. The van der Waals surface area contributed by atoms with Gasteiger partial charge in [-0.25, -0.2) is 4.79 Å². The minimum Gasteiger partial charge on any atom is -0.461 e. The molecule has 0 bridgehead atoms. The molecule has 0 atom stereocenters. The zero-order chi connectivity index (χ0) is 10.4. The smallest absolute Gasteiger partial charge is 0.338 e. The van der Waals surface area contributed by atoms with Gasteiger partial charge in [-0.15, -0.1) is 0 Å². The second-order valence-electron chi connectivity index (χ2n) is 2.66. The minimum atomic E-state index is -0.254. The molecule has 0 aliphatic rings. The van der Waals surface area contributed by atoms with E-state index in [1.54, 1.807) is 6.07 Å². The van der Waals surface area contributed by atoms with Crippen molar-refractivity contribution < 1.29 is 9.53 Å². The van der Waals surface area contributed by atoms with E-state index in [1.165, 1.54) is 0 Å². The van der Waals surface area contributed by atoms with Gasteiger partial charge >= 0.3 is 5.97 Å². The lowest BCUT2D eigenvalue weighted by molar-refractivity contribution is 0.0531. The number of carbonyl (C=O) groups excluding carboxylic acids is 1. The molecule has 0 saturated carbocycles. The van der Waals surface area contributed by atoms with Gasteiger partial charge in [0.15, 0.2) is 0 Å². The van der Waals surface area contributed by atoms with Crippen LogP contribution in [0, 0.1) is 0 Å². The van der Waals surface area contributed by atoms with Crippen molar-refractivity contribution in [2.24, 2.45) is 0 Å². The van der Waals surface area contributed by atoms with Crippen LogP contribution in [0.25, 0.3) is 0 Å². The van der Waals surface area contributed by atoms with Crippen molar-refractivity contribution in [1.82, 2.24) is 0 Å². The van der Waals surface area contributed by atoms with Crippen molar-refractivity contribution in [3.05, 3.63) is 35.4 Å². The Morgan fingerprint density at radius 2 is 2.29 bits per heavy atom. The summed E-state index contributed by atoms with van der Waals surface area (Å²) in [7, 11) is 0. The van der Waals surface area contributed by atoms with Gasteiger partial charge in [0, 0.05) is 9.76 Å². The first-order valence-corrected chi connectivity index (χ1v) is 6.80. The van der Waals surface area contributed by atoms with Crippen LogP contribution in [-0.2, 0) is 9.16 Å². The monoisotopic (exact) mass is 368 g/mol. The highest BCUT2D eigenvalue weighted by Crippen LogP contribution is 2.10. The molecule has 0 aliphatic carbocycles. The van der Waals surface area contributed by atoms with E-state index in [0.717, 1.165) is 9.99 Å². The summed E-state index contributed by atoms with van der Waals surface area (Å²) in [6.45, 7) is 0.410. The molecule has 14 heavy (non-hydrogen) atoms. The number of carbonyl (C=O) groups is 1. The van der Waals surface area contributed by atoms with E-state index in [-0.39, 0.29) is 5.97 Å². The van der Waals surface area contributed by atoms with E-state index < -0.39 is 0 Å². The van der Waals surface area contributed by atoms with Crippen molar-refractivity contribution in [3.8, 4) is 0 Å². The van der Waals surface area contributed by atoms with E-state index >= 15 is 0 Å². The van der Waals surface area contributed by atoms with E-state index in [0.29, 0.717) is 17.5 Å². The molecule has 4 heteroatoms. The molecular formula is C10H10BrIO2. The summed E-state index contributed by atoms with van der Waals surface area (Å²) in [6.07, 6.45) is 0. The van der Waals surface area contributed by atoms with Crippen LogP contribution in [-0.4, -0.2) is 17.9 Å². The highest BCUT2D eigenvalue weighted by molar-refractivity contribution is 14.1. The molecule has 0 aromatic heterocycles. The molecule has 0 unspecified atom stereocenters. The number of benzene rings is 1. The van der Waals surface area contributed by atoms with Gasteiger partial charge < -0.3 is 4.74 Å². The van der Waals surface area contributed by atoms with Gasteiger partial charge in [-0.1, -0.05) is 50.7 Å². The Bertz CT molecular complexity index is 315. The van der Waals surface area contributed by atoms with Gasteiger partial charge in [-0.05, 0) is 17.7 Å². The number of hydrogen-bond donors (Lipinski definition) is 0. The molecule has 0 radical (unpaired) electrons. The predicted molar refractivity (Wildman–Crippen MR) is 68.2 cm³/mol. The van der Waals surface area contributed by atoms with Crippen LogP contribution in [0.4, 0.5) is 0 Å². The van der Waals surface area contributed by atoms with Gasteiger partial charge in [0.2, 0.25) is 0 Å². The van der Waals surface area contributed by atoms with Gasteiger partial charge in [0.1, 0.15) is 6.61 Å². The fraction of sp³-hybridized carbons (Fsp3) is 0.300. The van der Waals surface area contributed by atoms with Crippen LogP contribution >= 0.6 is 38.5 Å². The molecule has 0 aliphatic heterocycles. The summed E-state index contributed by atoms with van der Waals surface area (Å²) in [4.78, 5) is 11.4. The average Bonchev–Trinajstić information content (AvgIpc) is 2.26. The zero-order valence-electron chi connectivity index (χ0n) is 7.50. The fourth-order valence-electron chi connectivity index (χ4n) is 0.996. The third-order valence-corrected chi connectivity index (χ3v) is 2.83. The summed E-state index contributed by atoms with van der Waals surface area (Å²) in [5.41, 5.74) is 1.76. The van der Waals surface area contributed by atoms with Gasteiger partial charge in [-0.2, -0.15) is 0 Å². The van der Waals surface area contributed by atoms with Crippen LogP contribution in [0.15, 0.2) is 24.3 Å². The van der Waals surface area contributed by atoms with Gasteiger partial charge in [0.25, 0.3) is 0 Å². The molecule has 0 N–H and O–H groups in total. The Morgan fingerprint density at radius 3 is 2.93 bits per heavy atom. The Labute approximate surface area is 105 Å². The normalized spacial score (nSPS) is 9.86. The third kappa shape index (κ3) is 3.57. The number of esters is 1. The molecule has 2 nitrogen and oxygen atoms in total. The fourth-order valence-corrected chi connectivity index (χ4v) is 1.63. The van der Waals surface area contributed by atoms with Crippen molar-refractivity contribution in [2.45, 2.75) is 4.43 Å². The SMILES string of the molecule is O=C(OCCBr)c1cccc(CI)c1. The first kappa shape index (κ1) is 12.0. The molecule has 76 valence electrons. The van der Waals surface area contributed by atoms with Crippen LogP contribution in [0.5, 0.6) is 0 Å². The van der Waals surface area contributed by atoms with Crippen molar-refractivity contribution >= 4 is 44.5 Å². The predicted octanol–water partition coefficient (Wildman–Crippen LogP) is 3.17. The summed E-state index contributed by atoms with van der Waals surface area (Å²) >= 11 is 5.46. The molecule has 0 heterocycles. The maximum atomic E-state index is 11.4. The van der Waals surface area contributed by atoms with Crippen molar-refractivity contribution in [1.29, 1.82) is 0 Å². The molecule has 0 amide bonds. The molecule has 1 aromatic carbocycles. The quantitative estimate of drug-likeness (QED) is 0.463. The van der Waals surface area contributed by atoms with Crippen LogP contribution in [0.2, 0.25) is 0 Å². The Morgan fingerprint density at radius 1 is 1.50 bits per heavy atom. The van der Waals surface area contributed by atoms with Crippen LogP contribution in [0.1, 0.15) is 15.9 Å². The summed E-state index contributed by atoms with van der Waals surface area (Å²) in [6, 6.07) is 7.50. The number of halogens is 2. The van der Waals surface area contributed by atoms with E-state index in [2.05, 4.69) is 38.5 Å². The molecule has 1 rings (SSSR count). The lowest BCUT2D eigenvalue weighted by Crippen LogP contribution is -2.07. The summed E-state index contributed by atoms with van der Waals surface area (Å²) in [5, 5.41) is 0.671. The van der Waals surface area contributed by atoms with E-state index in [1.807, 2.05) is 18.2 Å². The summed E-state index contributed by atoms with van der Waals surface area (Å²) in [5.74, 6) is -0.254. The lowest BCUT2D eigenvalue weighted by atomic mass is 10.1. The highest BCUT2D eigenvalue weighted by atomic mass is 127. The second kappa shape index (κ2) is 6.40. The van der Waals surface area contributed by atoms with Gasteiger partial charge in [0.05, 0.1) is 5.56 Å². The molecule has 0 saturated heterocycles. The largest absolute Gasteiger partial charge is 0.461 e. The highest BCUT2D eigenvalue weighted by Gasteiger charge is 2.06. The lowest BCUT2D eigenvalue weighted by Gasteiger charge is -2.03. The van der Waals surface area contributed by atoms with Crippen molar-refractivity contribution in [3.63, 3.8) is 0 Å².